The van der Waals surface area contributed by atoms with Crippen LogP contribution in [0.15, 0.2) is 229 Å². The van der Waals surface area contributed by atoms with Gasteiger partial charge in [-0.2, -0.15) is 0 Å². The van der Waals surface area contributed by atoms with Crippen molar-refractivity contribution in [2.75, 3.05) is 4.90 Å². The first-order valence-corrected chi connectivity index (χ1v) is 22.3. The van der Waals surface area contributed by atoms with E-state index in [9.17, 15) is 0 Å². The van der Waals surface area contributed by atoms with Crippen molar-refractivity contribution in [1.29, 1.82) is 0 Å². The average molecular weight is 816 g/mol. The van der Waals surface area contributed by atoms with Crippen LogP contribution >= 0.6 is 0 Å². The third-order valence-corrected chi connectivity index (χ3v) is 13.5. The molecule has 300 valence electrons. The molecule has 2 aliphatic carbocycles. The lowest BCUT2D eigenvalue weighted by molar-refractivity contribution is 0.669. The molecule has 0 unspecified atom stereocenters. The third kappa shape index (κ3) is 5.66. The van der Waals surface area contributed by atoms with Gasteiger partial charge in [0.25, 0.3) is 0 Å². The molecule has 64 heavy (non-hydrogen) atoms. The molecule has 0 saturated heterocycles. The van der Waals surface area contributed by atoms with Crippen LogP contribution in [-0.4, -0.2) is 0 Å². The van der Waals surface area contributed by atoms with Gasteiger partial charge in [0.1, 0.15) is 11.2 Å². The van der Waals surface area contributed by atoms with Crippen molar-refractivity contribution in [3.63, 3.8) is 0 Å². The summed E-state index contributed by atoms with van der Waals surface area (Å²) in [5.41, 5.74) is 25.2. The van der Waals surface area contributed by atoms with E-state index in [0.29, 0.717) is 0 Å². The minimum absolute atomic E-state index is 0.801. The van der Waals surface area contributed by atoms with Gasteiger partial charge in [-0.1, -0.05) is 194 Å². The van der Waals surface area contributed by atoms with E-state index in [4.69, 9.17) is 4.42 Å². The summed E-state index contributed by atoms with van der Waals surface area (Å²) in [7, 11) is 0. The molecule has 0 radical (unpaired) electrons. The number of benzene rings is 10. The van der Waals surface area contributed by atoms with Gasteiger partial charge >= 0.3 is 0 Å². The van der Waals surface area contributed by atoms with Gasteiger partial charge in [0.15, 0.2) is 0 Å². The molecule has 2 nitrogen and oxygen atoms in total. The first kappa shape index (κ1) is 36.5. The number of hydrogen-bond donors (Lipinski definition) is 0. The molecular weight excluding hydrogens is 775 g/mol. The standard InChI is InChI=1S/C62H41NO/c1-5-20-40(21-6-1)49-38-51-46-30-15-13-28-44(46)36-53(51)61(58(49)42-24-9-3-10-25-42)63(55-33-19-35-57-60(55)48-32-17-18-34-56(48)64-57)62-54-37-45-29-14-16-31-47(45)52(54)39-50(41-22-7-2-8-23-41)59(62)43-26-11-4-12-27-43/h1-35,38-39H,36-37H2. The van der Waals surface area contributed by atoms with Crippen molar-refractivity contribution in [3.05, 3.63) is 247 Å². The zero-order valence-corrected chi connectivity index (χ0v) is 35.1. The lowest BCUT2D eigenvalue weighted by atomic mass is 9.84. The van der Waals surface area contributed by atoms with E-state index < -0.39 is 0 Å². The van der Waals surface area contributed by atoms with Crippen molar-refractivity contribution >= 4 is 39.0 Å². The van der Waals surface area contributed by atoms with E-state index in [-0.39, 0.29) is 0 Å². The fourth-order valence-electron chi connectivity index (χ4n) is 10.8. The molecule has 2 heteroatoms. The molecule has 2 aliphatic rings. The zero-order valence-electron chi connectivity index (χ0n) is 35.1. The summed E-state index contributed by atoms with van der Waals surface area (Å²) in [4.78, 5) is 2.70. The summed E-state index contributed by atoms with van der Waals surface area (Å²) in [5.74, 6) is 0. The summed E-state index contributed by atoms with van der Waals surface area (Å²) in [6, 6.07) is 82.4. The second-order valence-corrected chi connectivity index (χ2v) is 17.1. The van der Waals surface area contributed by atoms with Gasteiger partial charge in [-0.25, -0.2) is 0 Å². The second-order valence-electron chi connectivity index (χ2n) is 17.1. The SMILES string of the molecule is c1ccc(-c2cc3c(c(N(c4c5c(cc(-c6ccccc6)c4-c4ccccc4)-c4ccccc4C5)c4cccc5oc6ccccc6c45)c2-c2ccccc2)Cc2ccccc2-3)cc1. The van der Waals surface area contributed by atoms with Gasteiger partial charge < -0.3 is 9.32 Å². The largest absolute Gasteiger partial charge is 0.456 e. The fourth-order valence-corrected chi connectivity index (χ4v) is 10.8. The maximum atomic E-state index is 6.79. The van der Waals surface area contributed by atoms with Crippen LogP contribution in [0.25, 0.3) is 88.7 Å². The summed E-state index contributed by atoms with van der Waals surface area (Å²) >= 11 is 0. The van der Waals surface area contributed by atoms with Gasteiger partial charge in [0.2, 0.25) is 0 Å². The number of furan rings is 1. The van der Waals surface area contributed by atoms with Crippen molar-refractivity contribution in [3.8, 4) is 66.8 Å². The monoisotopic (exact) mass is 815 g/mol. The minimum Gasteiger partial charge on any atom is -0.456 e. The van der Waals surface area contributed by atoms with Crippen LogP contribution in [0.4, 0.5) is 17.1 Å². The highest BCUT2D eigenvalue weighted by Gasteiger charge is 2.37. The molecule has 1 heterocycles. The van der Waals surface area contributed by atoms with E-state index >= 15 is 0 Å². The first-order chi connectivity index (χ1) is 31.8. The van der Waals surface area contributed by atoms with Gasteiger partial charge in [-0.15, -0.1) is 0 Å². The fraction of sp³-hybridized carbons (Fsp3) is 0.0323. The maximum absolute atomic E-state index is 6.79. The molecule has 1 aromatic heterocycles. The second kappa shape index (κ2) is 14.7. The number of hydrogen-bond acceptors (Lipinski definition) is 2. The van der Waals surface area contributed by atoms with E-state index in [1.807, 2.05) is 0 Å². The quantitative estimate of drug-likeness (QED) is 0.159. The number of anilines is 3. The number of rotatable bonds is 7. The Labute approximate surface area is 373 Å². The Bertz CT molecular complexity index is 3400. The van der Waals surface area contributed by atoms with Gasteiger partial charge in [-0.05, 0) is 108 Å². The highest BCUT2D eigenvalue weighted by atomic mass is 16.3. The van der Waals surface area contributed by atoms with Crippen LogP contribution in [0.2, 0.25) is 0 Å². The molecule has 0 atom stereocenters. The van der Waals surface area contributed by atoms with E-state index in [1.165, 1.54) is 100 Å². The average Bonchev–Trinajstić information content (AvgIpc) is 4.06. The molecule has 10 aromatic carbocycles. The predicted molar refractivity (Wildman–Crippen MR) is 267 cm³/mol. The zero-order chi connectivity index (χ0) is 42.1. The van der Waals surface area contributed by atoms with Gasteiger partial charge in [-0.3, -0.25) is 0 Å². The Morgan fingerprint density at radius 2 is 0.750 bits per heavy atom. The normalized spacial score (nSPS) is 12.2. The number of fused-ring (bicyclic) bond motifs is 9. The highest BCUT2D eigenvalue weighted by Crippen LogP contribution is 2.60. The first-order valence-electron chi connectivity index (χ1n) is 22.3. The van der Waals surface area contributed by atoms with Crippen LogP contribution in [-0.2, 0) is 12.8 Å². The van der Waals surface area contributed by atoms with Gasteiger partial charge in [0.05, 0.1) is 22.4 Å². The Morgan fingerprint density at radius 3 is 1.27 bits per heavy atom. The van der Waals surface area contributed by atoms with Crippen LogP contribution < -0.4 is 4.90 Å². The Kier molecular flexibility index (Phi) is 8.39. The molecule has 0 aliphatic heterocycles. The lowest BCUT2D eigenvalue weighted by Gasteiger charge is -2.36. The summed E-state index contributed by atoms with van der Waals surface area (Å²) in [6.45, 7) is 0. The predicted octanol–water partition coefficient (Wildman–Crippen LogP) is 16.9. The molecule has 0 amide bonds. The Balaban J connectivity index is 1.29. The number of para-hydroxylation sites is 1. The van der Waals surface area contributed by atoms with Crippen LogP contribution in [0, 0.1) is 0 Å². The highest BCUT2D eigenvalue weighted by molar-refractivity contribution is 6.17. The van der Waals surface area contributed by atoms with Gasteiger partial charge in [0, 0.05) is 29.4 Å². The smallest absolute Gasteiger partial charge is 0.137 e. The number of nitrogens with zero attached hydrogens (tertiary/aromatic N) is 1. The van der Waals surface area contributed by atoms with Crippen molar-refractivity contribution < 1.29 is 4.42 Å². The van der Waals surface area contributed by atoms with Crippen LogP contribution in [0.3, 0.4) is 0 Å². The summed E-state index contributed by atoms with van der Waals surface area (Å²) in [5, 5.41) is 2.19. The van der Waals surface area contributed by atoms with Crippen molar-refractivity contribution in [2.24, 2.45) is 0 Å². The lowest BCUT2D eigenvalue weighted by Crippen LogP contribution is -2.18. The third-order valence-electron chi connectivity index (χ3n) is 13.5. The molecule has 0 bridgehead atoms. The molecule has 0 fully saturated rings. The van der Waals surface area contributed by atoms with E-state index in [1.54, 1.807) is 0 Å². The summed E-state index contributed by atoms with van der Waals surface area (Å²) in [6.07, 6.45) is 1.60. The summed E-state index contributed by atoms with van der Waals surface area (Å²) < 4.78 is 6.79. The molecule has 0 saturated carbocycles. The topological polar surface area (TPSA) is 16.4 Å². The molecule has 0 N–H and O–H groups in total. The van der Waals surface area contributed by atoms with Crippen molar-refractivity contribution in [2.45, 2.75) is 12.8 Å². The molecule has 0 spiro atoms. The van der Waals surface area contributed by atoms with E-state index in [2.05, 4.69) is 229 Å². The van der Waals surface area contributed by atoms with Crippen LogP contribution in [0.1, 0.15) is 22.3 Å². The molecular formula is C62H41NO. The molecule has 13 rings (SSSR count). The Hall–Kier alpha value is -8.20. The maximum Gasteiger partial charge on any atom is 0.137 e. The van der Waals surface area contributed by atoms with Crippen LogP contribution in [0.5, 0.6) is 0 Å². The minimum atomic E-state index is 0.801. The van der Waals surface area contributed by atoms with Crippen molar-refractivity contribution in [1.82, 2.24) is 0 Å². The Morgan fingerprint density at radius 1 is 0.328 bits per heavy atom. The van der Waals surface area contributed by atoms with E-state index in [0.717, 1.165) is 40.5 Å². The molecule has 11 aromatic rings.